The van der Waals surface area contributed by atoms with E-state index in [4.69, 9.17) is 9.57 Å². The summed E-state index contributed by atoms with van der Waals surface area (Å²) in [6.07, 6.45) is 12.5. The van der Waals surface area contributed by atoms with Crippen molar-refractivity contribution in [3.05, 3.63) is 23.3 Å². The molecule has 3 saturated heterocycles. The van der Waals surface area contributed by atoms with Crippen LogP contribution in [0.25, 0.3) is 0 Å². The summed E-state index contributed by atoms with van der Waals surface area (Å²) in [5.74, 6) is 0.906. The van der Waals surface area contributed by atoms with Crippen LogP contribution in [-0.4, -0.2) is 99.4 Å². The van der Waals surface area contributed by atoms with Gasteiger partial charge < -0.3 is 19.4 Å². The number of hydrogen-bond acceptors (Lipinski definition) is 8. The first kappa shape index (κ1) is 32.6. The first-order valence-electron chi connectivity index (χ1n) is 17.2. The molecule has 44 heavy (non-hydrogen) atoms. The number of carbonyl (C=O) groups is 2. The Morgan fingerprint density at radius 1 is 1.05 bits per heavy atom. The van der Waals surface area contributed by atoms with E-state index >= 15 is 0 Å². The summed E-state index contributed by atoms with van der Waals surface area (Å²) >= 11 is 0. The highest BCUT2D eigenvalue weighted by Gasteiger charge is 2.51. The lowest BCUT2D eigenvalue weighted by atomic mass is 9.74. The highest BCUT2D eigenvalue weighted by atomic mass is 16.6. The quantitative estimate of drug-likeness (QED) is 0.328. The minimum atomic E-state index is -0.363. The van der Waals surface area contributed by atoms with Gasteiger partial charge in [0.15, 0.2) is 0 Å². The van der Waals surface area contributed by atoms with Crippen LogP contribution >= 0.6 is 0 Å². The molecule has 3 aliphatic heterocycles. The van der Waals surface area contributed by atoms with Crippen molar-refractivity contribution in [1.82, 2.24) is 24.7 Å². The van der Waals surface area contributed by atoms with Crippen LogP contribution in [-0.2, 0) is 9.57 Å². The van der Waals surface area contributed by atoms with E-state index in [-0.39, 0.29) is 23.1 Å². The fourth-order valence-corrected chi connectivity index (χ4v) is 8.04. The number of amides is 2. The number of ether oxygens (including phenoxy) is 1. The molecular formula is C34H54N6O4. The third-order valence-corrected chi connectivity index (χ3v) is 11.1. The second-order valence-corrected chi connectivity index (χ2v) is 13.9. The fraction of sp³-hybridized carbons (Fsp3) is 0.794. The molecule has 1 saturated carbocycles. The van der Waals surface area contributed by atoms with Crippen LogP contribution in [0.3, 0.4) is 0 Å². The Bertz CT molecular complexity index is 1160. The number of carbonyl (C=O) groups excluding carboxylic acids is 2. The van der Waals surface area contributed by atoms with Crippen molar-refractivity contribution in [1.29, 1.82) is 0 Å². The number of aryl methyl sites for hydroxylation is 2. The molecular weight excluding hydrogens is 556 g/mol. The minimum Gasteiger partial charge on any atom is -0.442 e. The summed E-state index contributed by atoms with van der Waals surface area (Å²) in [5.41, 5.74) is 2.96. The van der Waals surface area contributed by atoms with Gasteiger partial charge in [0.25, 0.3) is 5.91 Å². The molecule has 1 atom stereocenters. The molecule has 1 spiro atoms. The SMILES string of the molecule is CCCCC1CN(CC2CCC(=NOCC)CC2)C(=O)OC12CCN(C1(C)CCN(C(=O)c3c(C)ncnc3C)CC1)CC2. The molecule has 244 valence electrons. The van der Waals surface area contributed by atoms with E-state index in [0.717, 1.165) is 127 Å². The van der Waals surface area contributed by atoms with Crippen molar-refractivity contribution in [3.8, 4) is 0 Å². The first-order valence-corrected chi connectivity index (χ1v) is 17.2. The standard InChI is InChI=1S/C34H54N6O4/c1-6-8-9-28-23-39(22-27-10-12-29(13-11-27)37-43-7-2)32(42)44-34(28)16-20-40(21-17-34)33(5)14-18-38(19-15-33)31(41)30-25(3)35-24-36-26(30)4/h24,27-28H,6-23H2,1-5H3. The van der Waals surface area contributed by atoms with Gasteiger partial charge in [-0.15, -0.1) is 0 Å². The summed E-state index contributed by atoms with van der Waals surface area (Å²) < 4.78 is 6.49. The Morgan fingerprint density at radius 2 is 1.70 bits per heavy atom. The van der Waals surface area contributed by atoms with Crippen molar-refractivity contribution in [2.24, 2.45) is 17.0 Å². The van der Waals surface area contributed by atoms with E-state index in [1.807, 2.05) is 30.6 Å². The summed E-state index contributed by atoms with van der Waals surface area (Å²) in [6.45, 7) is 15.8. The van der Waals surface area contributed by atoms with Gasteiger partial charge in [0, 0.05) is 63.6 Å². The highest BCUT2D eigenvalue weighted by molar-refractivity contribution is 5.96. The third-order valence-electron chi connectivity index (χ3n) is 11.1. The van der Waals surface area contributed by atoms with Gasteiger partial charge in [-0.2, -0.15) is 0 Å². The minimum absolute atomic E-state index is 0.0323. The fourth-order valence-electron chi connectivity index (χ4n) is 8.04. The molecule has 0 bridgehead atoms. The number of unbranched alkanes of at least 4 members (excludes halogenated alkanes) is 1. The van der Waals surface area contributed by atoms with E-state index in [0.29, 0.717) is 24.0 Å². The maximum Gasteiger partial charge on any atom is 0.410 e. The first-order chi connectivity index (χ1) is 21.2. The van der Waals surface area contributed by atoms with Gasteiger partial charge in [-0.3, -0.25) is 9.69 Å². The zero-order valence-corrected chi connectivity index (χ0v) is 27.8. The van der Waals surface area contributed by atoms with Gasteiger partial charge in [-0.1, -0.05) is 24.9 Å². The second-order valence-electron chi connectivity index (χ2n) is 13.9. The van der Waals surface area contributed by atoms with Crippen LogP contribution in [0.5, 0.6) is 0 Å². The van der Waals surface area contributed by atoms with Gasteiger partial charge in [0.2, 0.25) is 0 Å². The van der Waals surface area contributed by atoms with Crippen LogP contribution in [0.1, 0.15) is 113 Å². The van der Waals surface area contributed by atoms with Crippen molar-refractivity contribution in [2.45, 2.75) is 116 Å². The predicted molar refractivity (Wildman–Crippen MR) is 171 cm³/mol. The molecule has 4 aliphatic rings. The molecule has 2 amide bonds. The summed E-state index contributed by atoms with van der Waals surface area (Å²) in [4.78, 5) is 47.2. The molecule has 1 aliphatic carbocycles. The number of aromatic nitrogens is 2. The van der Waals surface area contributed by atoms with E-state index in [1.54, 1.807) is 0 Å². The summed E-state index contributed by atoms with van der Waals surface area (Å²) in [6, 6.07) is 0. The number of piperidine rings is 2. The molecule has 4 fully saturated rings. The zero-order valence-electron chi connectivity index (χ0n) is 27.8. The summed E-state index contributed by atoms with van der Waals surface area (Å²) in [5, 5.41) is 4.26. The van der Waals surface area contributed by atoms with E-state index < -0.39 is 0 Å². The van der Waals surface area contributed by atoms with Gasteiger partial charge >= 0.3 is 6.09 Å². The molecule has 5 rings (SSSR count). The molecule has 0 aromatic carbocycles. The molecule has 0 radical (unpaired) electrons. The van der Waals surface area contributed by atoms with Crippen molar-refractivity contribution in [2.75, 3.05) is 45.9 Å². The van der Waals surface area contributed by atoms with Crippen LogP contribution in [0.2, 0.25) is 0 Å². The third kappa shape index (κ3) is 7.05. The summed E-state index contributed by atoms with van der Waals surface area (Å²) in [7, 11) is 0. The lowest BCUT2D eigenvalue weighted by Crippen LogP contribution is -2.64. The van der Waals surface area contributed by atoms with Crippen LogP contribution in [0.4, 0.5) is 4.79 Å². The Labute approximate surface area is 263 Å². The zero-order chi connectivity index (χ0) is 31.3. The Balaban J connectivity index is 1.17. The van der Waals surface area contributed by atoms with Gasteiger partial charge in [0.05, 0.1) is 22.7 Å². The van der Waals surface area contributed by atoms with E-state index in [2.05, 4.69) is 33.9 Å². The Hall–Kier alpha value is -2.75. The van der Waals surface area contributed by atoms with Crippen LogP contribution in [0, 0.1) is 25.7 Å². The van der Waals surface area contributed by atoms with Crippen molar-refractivity contribution < 1.29 is 19.2 Å². The number of rotatable bonds is 9. The maximum absolute atomic E-state index is 13.5. The molecule has 4 heterocycles. The average Bonchev–Trinajstić information content (AvgIpc) is 3.02. The highest BCUT2D eigenvalue weighted by Crippen LogP contribution is 2.43. The molecule has 10 heteroatoms. The number of nitrogens with zero attached hydrogens (tertiary/aromatic N) is 6. The molecule has 10 nitrogen and oxygen atoms in total. The molecule has 1 unspecified atom stereocenters. The van der Waals surface area contributed by atoms with Gasteiger partial charge in [-0.25, -0.2) is 14.8 Å². The smallest absolute Gasteiger partial charge is 0.410 e. The largest absolute Gasteiger partial charge is 0.442 e. The predicted octanol–water partition coefficient (Wildman–Crippen LogP) is 5.76. The normalized spacial score (nSPS) is 25.6. The lowest BCUT2D eigenvalue weighted by Gasteiger charge is -2.55. The van der Waals surface area contributed by atoms with Gasteiger partial charge in [0.1, 0.15) is 18.5 Å². The lowest BCUT2D eigenvalue weighted by molar-refractivity contribution is -0.134. The average molecular weight is 611 g/mol. The van der Waals surface area contributed by atoms with Crippen molar-refractivity contribution in [3.63, 3.8) is 0 Å². The van der Waals surface area contributed by atoms with Crippen LogP contribution < -0.4 is 0 Å². The number of likely N-dealkylation sites (tertiary alicyclic amines) is 2. The molecule has 1 aromatic rings. The van der Waals surface area contributed by atoms with E-state index in [9.17, 15) is 9.59 Å². The topological polar surface area (TPSA) is 100 Å². The second kappa shape index (κ2) is 14.1. The molecule has 1 aromatic heterocycles. The Kier molecular flexibility index (Phi) is 10.5. The number of oxime groups is 1. The van der Waals surface area contributed by atoms with E-state index in [1.165, 1.54) is 6.33 Å². The Morgan fingerprint density at radius 3 is 2.32 bits per heavy atom. The number of hydrogen-bond donors (Lipinski definition) is 0. The monoisotopic (exact) mass is 610 g/mol. The van der Waals surface area contributed by atoms with Crippen molar-refractivity contribution >= 4 is 17.7 Å². The van der Waals surface area contributed by atoms with Gasteiger partial charge in [-0.05, 0) is 78.6 Å². The van der Waals surface area contributed by atoms with Crippen LogP contribution in [0.15, 0.2) is 11.5 Å². The molecule has 0 N–H and O–H groups in total. The maximum atomic E-state index is 13.5.